The van der Waals surface area contributed by atoms with E-state index in [4.69, 9.17) is 14.2 Å². The highest BCUT2D eigenvalue weighted by Gasteiger charge is 2.37. The van der Waals surface area contributed by atoms with Crippen LogP contribution in [0.5, 0.6) is 11.5 Å². The van der Waals surface area contributed by atoms with Crippen molar-refractivity contribution in [3.05, 3.63) is 23.8 Å². The lowest BCUT2D eigenvalue weighted by Crippen LogP contribution is -2.83. The third-order valence-corrected chi connectivity index (χ3v) is 6.30. The average molecular weight is 393 g/mol. The molecule has 2 atom stereocenters. The summed E-state index contributed by atoms with van der Waals surface area (Å²) in [5, 5.41) is 2.44. The largest absolute Gasteiger partial charge is 0.493 e. The van der Waals surface area contributed by atoms with Gasteiger partial charge < -0.3 is 19.5 Å². The van der Waals surface area contributed by atoms with Crippen molar-refractivity contribution in [2.75, 3.05) is 27.4 Å². The number of methoxy groups -OCH3 is 2. The van der Waals surface area contributed by atoms with Gasteiger partial charge in [-0.05, 0) is 54.7 Å². The predicted molar refractivity (Wildman–Crippen MR) is 115 cm³/mol. The van der Waals surface area contributed by atoms with Crippen molar-refractivity contribution >= 4 is 0 Å². The fourth-order valence-corrected chi connectivity index (χ4v) is 4.30. The smallest absolute Gasteiger partial charge is 0.161 e. The van der Waals surface area contributed by atoms with E-state index in [1.165, 1.54) is 37.7 Å². The Morgan fingerprint density at radius 1 is 1.11 bits per heavy atom. The summed E-state index contributed by atoms with van der Waals surface area (Å²) in [6, 6.07) is 6.22. The lowest BCUT2D eigenvalue weighted by Gasteiger charge is -2.42. The second-order valence-electron chi connectivity index (χ2n) is 9.26. The first kappa shape index (κ1) is 23.0. The SMILES string of the molecule is COc1ccc(C[NH2+]CC[C@]2(CCC(C)C)CCO[C@@H](C(C)C)C2)cc1OC. The summed E-state index contributed by atoms with van der Waals surface area (Å²) in [5.74, 6) is 2.98. The molecule has 1 aliphatic rings. The summed E-state index contributed by atoms with van der Waals surface area (Å²) >= 11 is 0. The van der Waals surface area contributed by atoms with Gasteiger partial charge >= 0.3 is 0 Å². The second kappa shape index (κ2) is 11.1. The normalized spacial score (nSPS) is 22.6. The van der Waals surface area contributed by atoms with Crippen LogP contribution >= 0.6 is 0 Å². The molecule has 0 saturated carbocycles. The molecule has 1 aromatic rings. The lowest BCUT2D eigenvalue weighted by molar-refractivity contribution is -0.672. The Balaban J connectivity index is 1.92. The van der Waals surface area contributed by atoms with Crippen LogP contribution in [0, 0.1) is 17.3 Å². The van der Waals surface area contributed by atoms with E-state index in [0.29, 0.717) is 17.4 Å². The monoisotopic (exact) mass is 392 g/mol. The Labute approximate surface area is 172 Å². The zero-order chi connectivity index (χ0) is 20.6. The van der Waals surface area contributed by atoms with Crippen molar-refractivity contribution in [2.45, 2.75) is 72.4 Å². The van der Waals surface area contributed by atoms with Gasteiger partial charge in [-0.2, -0.15) is 0 Å². The van der Waals surface area contributed by atoms with Crippen LogP contribution in [0.25, 0.3) is 0 Å². The Morgan fingerprint density at radius 2 is 1.86 bits per heavy atom. The van der Waals surface area contributed by atoms with Crippen molar-refractivity contribution in [3.63, 3.8) is 0 Å². The van der Waals surface area contributed by atoms with E-state index in [1.54, 1.807) is 14.2 Å². The molecule has 4 heteroatoms. The average Bonchev–Trinajstić information content (AvgIpc) is 2.69. The summed E-state index contributed by atoms with van der Waals surface area (Å²) in [4.78, 5) is 0. The molecule has 1 aliphatic heterocycles. The van der Waals surface area contributed by atoms with Crippen LogP contribution < -0.4 is 14.8 Å². The van der Waals surface area contributed by atoms with Crippen LogP contribution in [0.1, 0.15) is 65.4 Å². The number of rotatable bonds is 11. The van der Waals surface area contributed by atoms with E-state index < -0.39 is 0 Å². The van der Waals surface area contributed by atoms with Crippen LogP contribution in [0.3, 0.4) is 0 Å². The molecule has 0 aromatic heterocycles. The molecule has 2 rings (SSSR count). The minimum atomic E-state index is 0.423. The van der Waals surface area contributed by atoms with Crippen LogP contribution in [0.15, 0.2) is 18.2 Å². The fourth-order valence-electron chi connectivity index (χ4n) is 4.30. The molecule has 2 N–H and O–H groups in total. The maximum atomic E-state index is 6.09. The van der Waals surface area contributed by atoms with Gasteiger partial charge in [0.05, 0.1) is 26.9 Å². The van der Waals surface area contributed by atoms with Crippen molar-refractivity contribution in [3.8, 4) is 11.5 Å². The minimum absolute atomic E-state index is 0.423. The summed E-state index contributed by atoms with van der Waals surface area (Å²) in [5.41, 5.74) is 1.73. The van der Waals surface area contributed by atoms with Crippen molar-refractivity contribution < 1.29 is 19.5 Å². The molecular formula is C24H42NO3+. The third kappa shape index (κ3) is 6.66. The first-order chi connectivity index (χ1) is 13.4. The Bertz CT molecular complexity index is 587. The second-order valence-corrected chi connectivity index (χ2v) is 9.26. The van der Waals surface area contributed by atoms with Gasteiger partial charge in [0, 0.05) is 18.6 Å². The summed E-state index contributed by atoms with van der Waals surface area (Å²) in [6.07, 6.45) is 6.79. The van der Waals surface area contributed by atoms with Crippen molar-refractivity contribution in [2.24, 2.45) is 17.3 Å². The molecule has 1 saturated heterocycles. The van der Waals surface area contributed by atoms with Gasteiger partial charge in [0.15, 0.2) is 11.5 Å². The zero-order valence-electron chi connectivity index (χ0n) is 18.9. The minimum Gasteiger partial charge on any atom is -0.493 e. The van der Waals surface area contributed by atoms with Gasteiger partial charge in [-0.3, -0.25) is 0 Å². The molecule has 1 fully saturated rings. The Hall–Kier alpha value is -1.26. The number of quaternary nitrogens is 1. The molecule has 1 aromatic carbocycles. The standard InChI is InChI=1S/C24H41NO3/c1-18(2)9-10-24(12-14-28-23(16-24)19(3)4)11-13-25-17-20-7-8-21(26-5)22(15-20)27-6/h7-8,15,18-19,23,25H,9-14,16-17H2,1-6H3/p+1/t23-,24-/m1/s1. The summed E-state index contributed by atoms with van der Waals surface area (Å²) in [7, 11) is 3.37. The van der Waals surface area contributed by atoms with Crippen LogP contribution in [-0.4, -0.2) is 33.5 Å². The third-order valence-electron chi connectivity index (χ3n) is 6.30. The van der Waals surface area contributed by atoms with Crippen molar-refractivity contribution in [1.29, 1.82) is 0 Å². The van der Waals surface area contributed by atoms with Crippen LogP contribution in [0.2, 0.25) is 0 Å². The van der Waals surface area contributed by atoms with E-state index in [-0.39, 0.29) is 0 Å². The maximum absolute atomic E-state index is 6.09. The number of hydrogen-bond donors (Lipinski definition) is 1. The van der Waals surface area contributed by atoms with Crippen LogP contribution in [-0.2, 0) is 11.3 Å². The highest BCUT2D eigenvalue weighted by atomic mass is 16.5. The van der Waals surface area contributed by atoms with E-state index in [1.807, 2.05) is 6.07 Å². The van der Waals surface area contributed by atoms with E-state index in [9.17, 15) is 0 Å². The number of benzene rings is 1. The molecule has 0 aliphatic carbocycles. The number of ether oxygens (including phenoxy) is 3. The first-order valence-corrected chi connectivity index (χ1v) is 11.0. The summed E-state index contributed by atoms with van der Waals surface area (Å²) < 4.78 is 16.9. The van der Waals surface area contributed by atoms with Gasteiger partial charge in [-0.25, -0.2) is 0 Å². The number of nitrogens with two attached hydrogens (primary N) is 1. The first-order valence-electron chi connectivity index (χ1n) is 11.0. The molecular weight excluding hydrogens is 350 g/mol. The van der Waals surface area contributed by atoms with E-state index >= 15 is 0 Å². The van der Waals surface area contributed by atoms with Gasteiger partial charge in [-0.1, -0.05) is 34.1 Å². The molecule has 0 unspecified atom stereocenters. The molecule has 4 nitrogen and oxygen atoms in total. The predicted octanol–water partition coefficient (Wildman–Crippen LogP) is 4.41. The van der Waals surface area contributed by atoms with Crippen LogP contribution in [0.4, 0.5) is 0 Å². The Morgan fingerprint density at radius 3 is 2.50 bits per heavy atom. The number of hydrogen-bond acceptors (Lipinski definition) is 3. The van der Waals surface area contributed by atoms with Crippen molar-refractivity contribution in [1.82, 2.24) is 0 Å². The molecule has 0 radical (unpaired) electrons. The van der Waals surface area contributed by atoms with Gasteiger partial charge in [0.25, 0.3) is 0 Å². The summed E-state index contributed by atoms with van der Waals surface area (Å²) in [6.45, 7) is 12.4. The van der Waals surface area contributed by atoms with Gasteiger partial charge in [0.2, 0.25) is 0 Å². The zero-order valence-corrected chi connectivity index (χ0v) is 18.9. The quantitative estimate of drug-likeness (QED) is 0.567. The van der Waals surface area contributed by atoms with E-state index in [0.717, 1.165) is 37.1 Å². The molecule has 28 heavy (non-hydrogen) atoms. The topological polar surface area (TPSA) is 44.3 Å². The molecule has 0 bridgehead atoms. The fraction of sp³-hybridized carbons (Fsp3) is 0.750. The highest BCUT2D eigenvalue weighted by molar-refractivity contribution is 5.42. The molecule has 0 spiro atoms. The van der Waals surface area contributed by atoms with E-state index in [2.05, 4.69) is 45.1 Å². The Kier molecular flexibility index (Phi) is 9.10. The lowest BCUT2D eigenvalue weighted by atomic mass is 9.69. The molecule has 0 amide bonds. The highest BCUT2D eigenvalue weighted by Crippen LogP contribution is 2.43. The molecule has 160 valence electrons. The van der Waals surface area contributed by atoms with Gasteiger partial charge in [-0.15, -0.1) is 0 Å². The van der Waals surface area contributed by atoms with Gasteiger partial charge in [0.1, 0.15) is 6.54 Å². The molecule has 1 heterocycles. The maximum Gasteiger partial charge on any atom is 0.161 e.